The van der Waals surface area contributed by atoms with E-state index in [2.05, 4.69) is 66.1 Å². The topological polar surface area (TPSA) is 15.7 Å². The lowest BCUT2D eigenvalue weighted by molar-refractivity contribution is 0.265. The van der Waals surface area contributed by atoms with Crippen molar-refractivity contribution in [2.75, 3.05) is 39.3 Å². The number of hydrogen-bond donors (Lipinski definition) is 0. The SMILES string of the molecule is CCN(CC)CCCN1CC/C(=C\c2ccc(OCc3ccccc3)cc2)C1. The Labute approximate surface area is 170 Å². The second-order valence-electron chi connectivity index (χ2n) is 7.55. The molecule has 1 aliphatic heterocycles. The van der Waals surface area contributed by atoms with Crippen molar-refractivity contribution in [3.63, 3.8) is 0 Å². The van der Waals surface area contributed by atoms with E-state index >= 15 is 0 Å². The van der Waals surface area contributed by atoms with Gasteiger partial charge in [-0.3, -0.25) is 4.90 Å². The molecule has 150 valence electrons. The summed E-state index contributed by atoms with van der Waals surface area (Å²) in [5.74, 6) is 0.926. The van der Waals surface area contributed by atoms with Gasteiger partial charge in [-0.05, 0) is 62.3 Å². The molecule has 1 fully saturated rings. The molecular formula is C25H34N2O. The Kier molecular flexibility index (Phi) is 8.13. The molecule has 3 rings (SSSR count). The highest BCUT2D eigenvalue weighted by atomic mass is 16.5. The molecule has 3 heteroatoms. The molecule has 2 aromatic rings. The van der Waals surface area contributed by atoms with Gasteiger partial charge < -0.3 is 9.64 Å². The zero-order valence-electron chi connectivity index (χ0n) is 17.4. The van der Waals surface area contributed by atoms with Crippen molar-refractivity contribution in [2.45, 2.75) is 33.3 Å². The maximum atomic E-state index is 5.88. The van der Waals surface area contributed by atoms with Gasteiger partial charge in [-0.25, -0.2) is 0 Å². The monoisotopic (exact) mass is 378 g/mol. The molecule has 28 heavy (non-hydrogen) atoms. The Morgan fingerprint density at radius 2 is 1.75 bits per heavy atom. The Hall–Kier alpha value is -2.10. The highest BCUT2D eigenvalue weighted by Gasteiger charge is 2.16. The van der Waals surface area contributed by atoms with Crippen LogP contribution in [0.5, 0.6) is 5.75 Å². The largest absolute Gasteiger partial charge is 0.489 e. The van der Waals surface area contributed by atoms with Crippen LogP contribution in [0.4, 0.5) is 0 Å². The molecule has 0 bridgehead atoms. The van der Waals surface area contributed by atoms with Crippen molar-refractivity contribution < 1.29 is 4.74 Å². The Bertz CT molecular complexity index is 720. The molecule has 0 aromatic heterocycles. The summed E-state index contributed by atoms with van der Waals surface area (Å²) in [5, 5.41) is 0. The third-order valence-corrected chi connectivity index (χ3v) is 5.52. The van der Waals surface area contributed by atoms with Gasteiger partial charge in [0.15, 0.2) is 0 Å². The number of nitrogens with zero attached hydrogens (tertiary/aromatic N) is 2. The average Bonchev–Trinajstić information content (AvgIpc) is 3.18. The third kappa shape index (κ3) is 6.50. The summed E-state index contributed by atoms with van der Waals surface area (Å²) in [4.78, 5) is 5.10. The van der Waals surface area contributed by atoms with Gasteiger partial charge >= 0.3 is 0 Å². The molecule has 3 nitrogen and oxygen atoms in total. The summed E-state index contributed by atoms with van der Waals surface area (Å²) in [5.41, 5.74) is 4.01. The van der Waals surface area contributed by atoms with Crippen molar-refractivity contribution in [1.29, 1.82) is 0 Å². The van der Waals surface area contributed by atoms with E-state index in [1.807, 2.05) is 18.2 Å². The molecule has 0 spiro atoms. The van der Waals surface area contributed by atoms with Crippen LogP contribution in [0.3, 0.4) is 0 Å². The zero-order chi connectivity index (χ0) is 19.6. The maximum Gasteiger partial charge on any atom is 0.119 e. The lowest BCUT2D eigenvalue weighted by atomic mass is 10.1. The Balaban J connectivity index is 1.44. The van der Waals surface area contributed by atoms with E-state index < -0.39 is 0 Å². The molecule has 0 unspecified atom stereocenters. The minimum Gasteiger partial charge on any atom is -0.489 e. The van der Waals surface area contributed by atoms with Crippen LogP contribution in [0.15, 0.2) is 60.2 Å². The van der Waals surface area contributed by atoms with Gasteiger partial charge in [-0.1, -0.05) is 68.0 Å². The Morgan fingerprint density at radius 3 is 2.46 bits per heavy atom. The van der Waals surface area contributed by atoms with Crippen LogP contribution < -0.4 is 4.74 Å². The summed E-state index contributed by atoms with van der Waals surface area (Å²) < 4.78 is 5.88. The highest BCUT2D eigenvalue weighted by molar-refractivity contribution is 5.55. The van der Waals surface area contributed by atoms with Crippen molar-refractivity contribution in [2.24, 2.45) is 0 Å². The number of rotatable bonds is 10. The van der Waals surface area contributed by atoms with Crippen LogP contribution in [-0.2, 0) is 6.61 Å². The van der Waals surface area contributed by atoms with E-state index in [1.165, 1.54) is 43.6 Å². The average molecular weight is 379 g/mol. The van der Waals surface area contributed by atoms with Crippen LogP contribution in [0.1, 0.15) is 37.8 Å². The lowest BCUT2D eigenvalue weighted by Crippen LogP contribution is -2.28. The molecule has 0 saturated carbocycles. The third-order valence-electron chi connectivity index (χ3n) is 5.52. The predicted molar refractivity (Wildman–Crippen MR) is 119 cm³/mol. The second kappa shape index (κ2) is 11.0. The van der Waals surface area contributed by atoms with Gasteiger partial charge in [0.25, 0.3) is 0 Å². The molecule has 1 heterocycles. The standard InChI is InChI=1S/C25H34N2O/c1-3-26(4-2)16-8-17-27-18-15-24(20-27)19-22-11-13-25(14-12-22)28-21-23-9-6-5-7-10-23/h5-7,9-14,19H,3-4,8,15-18,20-21H2,1-2H3/b24-19+. The molecule has 0 radical (unpaired) electrons. The number of ether oxygens (including phenoxy) is 1. The van der Waals surface area contributed by atoms with Crippen LogP contribution >= 0.6 is 0 Å². The molecule has 2 aromatic carbocycles. The van der Waals surface area contributed by atoms with Gasteiger partial charge in [0.2, 0.25) is 0 Å². The fourth-order valence-corrected chi connectivity index (χ4v) is 3.75. The minimum atomic E-state index is 0.615. The smallest absolute Gasteiger partial charge is 0.119 e. The summed E-state index contributed by atoms with van der Waals surface area (Å²) >= 11 is 0. The van der Waals surface area contributed by atoms with Gasteiger partial charge in [0.05, 0.1) is 0 Å². The van der Waals surface area contributed by atoms with Crippen molar-refractivity contribution in [1.82, 2.24) is 9.80 Å². The van der Waals surface area contributed by atoms with Crippen molar-refractivity contribution >= 4 is 6.08 Å². The first-order chi connectivity index (χ1) is 13.8. The first-order valence-corrected chi connectivity index (χ1v) is 10.7. The molecule has 0 aliphatic carbocycles. The first kappa shape index (κ1) is 20.6. The van der Waals surface area contributed by atoms with E-state index in [0.717, 1.165) is 25.4 Å². The second-order valence-corrected chi connectivity index (χ2v) is 7.55. The van der Waals surface area contributed by atoms with E-state index in [4.69, 9.17) is 4.74 Å². The number of hydrogen-bond acceptors (Lipinski definition) is 3. The van der Waals surface area contributed by atoms with E-state index in [-0.39, 0.29) is 0 Å². The normalized spacial score (nSPS) is 16.2. The predicted octanol–water partition coefficient (Wildman–Crippen LogP) is 5.09. The van der Waals surface area contributed by atoms with Crippen LogP contribution in [0, 0.1) is 0 Å². The summed E-state index contributed by atoms with van der Waals surface area (Å²) in [6.45, 7) is 12.2. The van der Waals surface area contributed by atoms with E-state index in [1.54, 1.807) is 5.57 Å². The van der Waals surface area contributed by atoms with E-state index in [9.17, 15) is 0 Å². The lowest BCUT2D eigenvalue weighted by Gasteiger charge is -2.20. The molecule has 0 N–H and O–H groups in total. The van der Waals surface area contributed by atoms with E-state index in [0.29, 0.717) is 6.61 Å². The summed E-state index contributed by atoms with van der Waals surface area (Å²) in [6.07, 6.45) is 4.81. The maximum absolute atomic E-state index is 5.88. The summed E-state index contributed by atoms with van der Waals surface area (Å²) in [7, 11) is 0. The summed E-state index contributed by atoms with van der Waals surface area (Å²) in [6, 6.07) is 18.8. The quantitative estimate of drug-likeness (QED) is 0.573. The molecular weight excluding hydrogens is 344 g/mol. The minimum absolute atomic E-state index is 0.615. The molecule has 0 atom stereocenters. The molecule has 1 aliphatic rings. The van der Waals surface area contributed by atoms with Gasteiger partial charge in [-0.2, -0.15) is 0 Å². The van der Waals surface area contributed by atoms with Gasteiger partial charge in [0.1, 0.15) is 12.4 Å². The van der Waals surface area contributed by atoms with Gasteiger partial charge in [0, 0.05) is 13.1 Å². The fourth-order valence-electron chi connectivity index (χ4n) is 3.75. The van der Waals surface area contributed by atoms with Crippen LogP contribution in [0.2, 0.25) is 0 Å². The fraction of sp³-hybridized carbons (Fsp3) is 0.440. The first-order valence-electron chi connectivity index (χ1n) is 10.7. The van der Waals surface area contributed by atoms with Gasteiger partial charge in [-0.15, -0.1) is 0 Å². The molecule has 1 saturated heterocycles. The van der Waals surface area contributed by atoms with Crippen LogP contribution in [0.25, 0.3) is 6.08 Å². The Morgan fingerprint density at radius 1 is 1.00 bits per heavy atom. The number of likely N-dealkylation sites (tertiary alicyclic amines) is 1. The van der Waals surface area contributed by atoms with Crippen molar-refractivity contribution in [3.8, 4) is 5.75 Å². The zero-order valence-corrected chi connectivity index (χ0v) is 17.4. The molecule has 0 amide bonds. The van der Waals surface area contributed by atoms with Crippen molar-refractivity contribution in [3.05, 3.63) is 71.3 Å². The highest BCUT2D eigenvalue weighted by Crippen LogP contribution is 2.21. The van der Waals surface area contributed by atoms with Crippen LogP contribution in [-0.4, -0.2) is 49.1 Å². The number of benzene rings is 2.